The molecule has 0 saturated carbocycles. The fraction of sp³-hybridized carbons (Fsp3) is 0.667. The lowest BCUT2D eigenvalue weighted by Gasteiger charge is -2.28. The Morgan fingerprint density at radius 3 is 3.06 bits per heavy atom. The number of hydrogen-bond acceptors (Lipinski definition) is 6. The summed E-state index contributed by atoms with van der Waals surface area (Å²) in [5.74, 6) is -0.319. The SMILES string of the molecule is CC(=O)OC[C@H]1[C][C][C@H]2N=C(NC(C)C)S[C@H]2O1. The summed E-state index contributed by atoms with van der Waals surface area (Å²) in [5.41, 5.74) is -0.104. The molecule has 3 atom stereocenters. The van der Waals surface area contributed by atoms with Crippen molar-refractivity contribution < 1.29 is 14.3 Å². The topological polar surface area (TPSA) is 59.9 Å². The maximum absolute atomic E-state index is 10.7. The van der Waals surface area contributed by atoms with Crippen LogP contribution in [0.3, 0.4) is 0 Å². The number of fused-ring (bicyclic) bond motifs is 1. The first-order chi connectivity index (χ1) is 8.54. The van der Waals surface area contributed by atoms with Gasteiger partial charge >= 0.3 is 5.97 Å². The minimum Gasteiger partial charge on any atom is -0.463 e. The summed E-state index contributed by atoms with van der Waals surface area (Å²) in [5, 5.41) is 4.11. The first kappa shape index (κ1) is 13.7. The zero-order valence-electron chi connectivity index (χ0n) is 10.6. The van der Waals surface area contributed by atoms with E-state index in [0.717, 1.165) is 5.17 Å². The van der Waals surface area contributed by atoms with E-state index in [0.29, 0.717) is 6.04 Å². The molecule has 2 rings (SSSR count). The van der Waals surface area contributed by atoms with Gasteiger partial charge in [-0.15, -0.1) is 0 Å². The van der Waals surface area contributed by atoms with Gasteiger partial charge in [-0.25, -0.2) is 0 Å². The lowest BCUT2D eigenvalue weighted by molar-refractivity contribution is -0.145. The lowest BCUT2D eigenvalue weighted by Crippen LogP contribution is -2.37. The standard InChI is InChI=1S/C12H16N2O3S/c1-7(2)13-12-14-10-5-4-9(6-16-8(3)15)17-11(10)18-12/h7,9-11H,6H2,1-3H3,(H,13,14)/t9-,10-,11-/m1/s1. The minimum atomic E-state index is -0.351. The van der Waals surface area contributed by atoms with E-state index in [1.807, 2.05) is 0 Å². The Labute approximate surface area is 112 Å². The number of aliphatic imine (C=N–C) groups is 1. The third kappa shape index (κ3) is 3.62. The largest absolute Gasteiger partial charge is 0.463 e. The molecule has 0 aromatic rings. The molecular weight excluding hydrogens is 252 g/mol. The van der Waals surface area contributed by atoms with Crippen LogP contribution in [0, 0.1) is 12.8 Å². The van der Waals surface area contributed by atoms with E-state index >= 15 is 0 Å². The van der Waals surface area contributed by atoms with Crippen LogP contribution < -0.4 is 5.32 Å². The van der Waals surface area contributed by atoms with Crippen molar-refractivity contribution in [1.29, 1.82) is 0 Å². The summed E-state index contributed by atoms with van der Waals surface area (Å²) in [6.07, 6.45) is 5.61. The van der Waals surface area contributed by atoms with E-state index in [9.17, 15) is 4.79 Å². The number of esters is 1. The molecule has 5 nitrogen and oxygen atoms in total. The number of hydrogen-bond donors (Lipinski definition) is 1. The van der Waals surface area contributed by atoms with Crippen molar-refractivity contribution >= 4 is 22.9 Å². The van der Waals surface area contributed by atoms with Crippen molar-refractivity contribution in [3.8, 4) is 0 Å². The molecule has 1 saturated heterocycles. The Kier molecular flexibility index (Phi) is 4.50. The number of nitrogens with one attached hydrogen (secondary N) is 1. The summed E-state index contributed by atoms with van der Waals surface area (Å²) in [4.78, 5) is 15.2. The quantitative estimate of drug-likeness (QED) is 0.771. The van der Waals surface area contributed by atoms with Gasteiger partial charge in [-0.1, -0.05) is 11.8 Å². The first-order valence-electron chi connectivity index (χ1n) is 5.85. The zero-order chi connectivity index (χ0) is 13.1. The van der Waals surface area contributed by atoms with Crippen LogP contribution in [0.2, 0.25) is 0 Å². The Bertz CT molecular complexity index is 346. The molecule has 0 aromatic carbocycles. The second kappa shape index (κ2) is 5.93. The average molecular weight is 268 g/mol. The second-order valence-electron chi connectivity index (χ2n) is 4.38. The predicted octanol–water partition coefficient (Wildman–Crippen LogP) is 0.906. The molecule has 6 heteroatoms. The number of ether oxygens (including phenoxy) is 2. The number of carbonyl (C=O) groups excluding carboxylic acids is 1. The van der Waals surface area contributed by atoms with Crippen LogP contribution in [0.1, 0.15) is 20.8 Å². The van der Waals surface area contributed by atoms with Gasteiger partial charge in [0.05, 0.1) is 6.04 Å². The molecule has 2 aliphatic heterocycles. The molecule has 0 aromatic heterocycles. The Balaban J connectivity index is 1.81. The molecule has 0 aliphatic carbocycles. The van der Waals surface area contributed by atoms with Gasteiger partial charge in [-0.3, -0.25) is 9.79 Å². The molecular formula is C12H16N2O3S. The normalized spacial score (nSPS) is 30.9. The van der Waals surface area contributed by atoms with Gasteiger partial charge in [-0.05, 0) is 13.8 Å². The van der Waals surface area contributed by atoms with Crippen molar-refractivity contribution in [3.05, 3.63) is 12.8 Å². The minimum absolute atomic E-state index is 0.104. The third-order valence-electron chi connectivity index (χ3n) is 2.28. The molecule has 1 fully saturated rings. The summed E-state index contributed by atoms with van der Waals surface area (Å²) in [6, 6.07) is 0.214. The first-order valence-corrected chi connectivity index (χ1v) is 6.73. The Morgan fingerprint density at radius 2 is 2.39 bits per heavy atom. The summed E-state index contributed by atoms with van der Waals surface area (Å²) in [6.45, 7) is 5.67. The van der Waals surface area contributed by atoms with Crippen LogP contribution in [0.15, 0.2) is 4.99 Å². The van der Waals surface area contributed by atoms with Gasteiger partial charge < -0.3 is 14.8 Å². The van der Waals surface area contributed by atoms with Crippen molar-refractivity contribution in [2.24, 2.45) is 4.99 Å². The van der Waals surface area contributed by atoms with Gasteiger partial charge in [0.25, 0.3) is 0 Å². The van der Waals surface area contributed by atoms with E-state index in [2.05, 4.69) is 37.0 Å². The molecule has 0 unspecified atom stereocenters. The van der Waals surface area contributed by atoms with Gasteiger partial charge in [0.2, 0.25) is 0 Å². The maximum atomic E-state index is 10.7. The smallest absolute Gasteiger partial charge is 0.302 e. The van der Waals surface area contributed by atoms with Crippen LogP contribution in [0.4, 0.5) is 0 Å². The van der Waals surface area contributed by atoms with Gasteiger partial charge in [-0.2, -0.15) is 0 Å². The number of rotatable bonds is 3. The number of amidine groups is 1. The second-order valence-corrected chi connectivity index (χ2v) is 5.47. The van der Waals surface area contributed by atoms with E-state index in [1.54, 1.807) is 0 Å². The maximum Gasteiger partial charge on any atom is 0.302 e. The van der Waals surface area contributed by atoms with Gasteiger partial charge in [0, 0.05) is 25.8 Å². The molecule has 0 bridgehead atoms. The molecule has 2 heterocycles. The van der Waals surface area contributed by atoms with Crippen molar-refractivity contribution in [2.45, 2.75) is 44.4 Å². The zero-order valence-corrected chi connectivity index (χ0v) is 11.4. The monoisotopic (exact) mass is 268 g/mol. The van der Waals surface area contributed by atoms with Crippen LogP contribution in [0.25, 0.3) is 0 Å². The highest BCUT2D eigenvalue weighted by molar-refractivity contribution is 8.14. The molecule has 1 N–H and O–H groups in total. The van der Waals surface area contributed by atoms with E-state index in [4.69, 9.17) is 9.47 Å². The molecule has 4 radical (unpaired) electrons. The predicted molar refractivity (Wildman–Crippen MR) is 68.9 cm³/mol. The molecule has 2 aliphatic rings. The van der Waals surface area contributed by atoms with Crippen molar-refractivity contribution in [1.82, 2.24) is 5.32 Å². The summed E-state index contributed by atoms with van der Waals surface area (Å²) < 4.78 is 10.6. The summed E-state index contributed by atoms with van der Waals surface area (Å²) in [7, 11) is 0. The third-order valence-corrected chi connectivity index (χ3v) is 3.33. The number of carbonyl (C=O) groups is 1. The highest BCUT2D eigenvalue weighted by atomic mass is 32.2. The molecule has 98 valence electrons. The van der Waals surface area contributed by atoms with Crippen LogP contribution in [-0.4, -0.2) is 41.4 Å². The Hall–Kier alpha value is -0.750. The van der Waals surface area contributed by atoms with Crippen LogP contribution in [-0.2, 0) is 14.3 Å². The highest BCUT2D eigenvalue weighted by Crippen LogP contribution is 2.34. The number of thioether (sulfide) groups is 1. The van der Waals surface area contributed by atoms with E-state index in [-0.39, 0.29) is 30.2 Å². The fourth-order valence-corrected chi connectivity index (χ4v) is 2.71. The molecule has 0 amide bonds. The highest BCUT2D eigenvalue weighted by Gasteiger charge is 2.38. The Morgan fingerprint density at radius 1 is 1.61 bits per heavy atom. The lowest BCUT2D eigenvalue weighted by atomic mass is 10.1. The van der Waals surface area contributed by atoms with Crippen LogP contribution in [0.5, 0.6) is 0 Å². The van der Waals surface area contributed by atoms with Crippen molar-refractivity contribution in [2.75, 3.05) is 6.61 Å². The van der Waals surface area contributed by atoms with Gasteiger partial charge in [0.15, 0.2) is 5.17 Å². The molecule has 18 heavy (non-hydrogen) atoms. The van der Waals surface area contributed by atoms with E-state index in [1.165, 1.54) is 18.7 Å². The van der Waals surface area contributed by atoms with Crippen LogP contribution >= 0.6 is 11.8 Å². The molecule has 0 spiro atoms. The average Bonchev–Trinajstić information content (AvgIpc) is 2.66. The van der Waals surface area contributed by atoms with Gasteiger partial charge in [0.1, 0.15) is 18.1 Å². The fourth-order valence-electron chi connectivity index (χ4n) is 1.56. The van der Waals surface area contributed by atoms with Crippen molar-refractivity contribution in [3.63, 3.8) is 0 Å². The number of nitrogens with zero attached hydrogens (tertiary/aromatic N) is 1. The summed E-state index contributed by atoms with van der Waals surface area (Å²) >= 11 is 1.53. The van der Waals surface area contributed by atoms with E-state index < -0.39 is 0 Å².